The first-order chi connectivity index (χ1) is 11.1. The number of nitrogens with zero attached hydrogens (tertiary/aromatic N) is 4. The zero-order chi connectivity index (χ0) is 16.2. The molecule has 0 saturated carbocycles. The van der Waals surface area contributed by atoms with E-state index < -0.39 is 0 Å². The van der Waals surface area contributed by atoms with Gasteiger partial charge in [-0.15, -0.1) is 0 Å². The number of fused-ring (bicyclic) bond motifs is 1. The fourth-order valence-corrected chi connectivity index (χ4v) is 2.54. The van der Waals surface area contributed by atoms with Crippen molar-refractivity contribution in [3.8, 4) is 0 Å². The van der Waals surface area contributed by atoms with Crippen molar-refractivity contribution in [3.63, 3.8) is 0 Å². The summed E-state index contributed by atoms with van der Waals surface area (Å²) in [7, 11) is 1.61. The van der Waals surface area contributed by atoms with E-state index in [0.717, 1.165) is 18.6 Å². The van der Waals surface area contributed by atoms with Crippen LogP contribution >= 0.6 is 0 Å². The van der Waals surface area contributed by atoms with Crippen molar-refractivity contribution in [2.75, 3.05) is 39.8 Å². The number of amides is 2. The van der Waals surface area contributed by atoms with Gasteiger partial charge < -0.3 is 15.1 Å². The Balaban J connectivity index is 1.69. The van der Waals surface area contributed by atoms with E-state index in [9.17, 15) is 9.59 Å². The maximum atomic E-state index is 12.4. The van der Waals surface area contributed by atoms with E-state index in [1.807, 2.05) is 24.3 Å². The average molecular weight is 313 g/mol. The normalized spacial score (nSPS) is 14.7. The van der Waals surface area contributed by atoms with E-state index in [0.29, 0.717) is 18.6 Å². The number of nitrogens with one attached hydrogen (secondary N) is 1. The Morgan fingerprint density at radius 3 is 2.65 bits per heavy atom. The molecule has 1 saturated heterocycles. The van der Waals surface area contributed by atoms with Gasteiger partial charge in [-0.3, -0.25) is 14.6 Å². The first kappa shape index (κ1) is 15.4. The summed E-state index contributed by atoms with van der Waals surface area (Å²) in [6, 6.07) is 7.37. The van der Waals surface area contributed by atoms with Crippen LogP contribution in [0.4, 0.5) is 0 Å². The highest BCUT2D eigenvalue weighted by atomic mass is 16.2. The lowest BCUT2D eigenvalue weighted by Gasteiger charge is -2.29. The molecule has 1 aromatic carbocycles. The summed E-state index contributed by atoms with van der Waals surface area (Å²) < 4.78 is 0. The van der Waals surface area contributed by atoms with Gasteiger partial charge in [0.25, 0.3) is 5.91 Å². The third-order valence-corrected chi connectivity index (χ3v) is 3.86. The van der Waals surface area contributed by atoms with Crippen LogP contribution in [0.5, 0.6) is 0 Å². The van der Waals surface area contributed by atoms with Crippen LogP contribution in [0.2, 0.25) is 0 Å². The van der Waals surface area contributed by atoms with Crippen molar-refractivity contribution in [3.05, 3.63) is 36.2 Å². The molecular formula is C16H19N5O2. The molecule has 0 bridgehead atoms. The van der Waals surface area contributed by atoms with Crippen LogP contribution in [0.15, 0.2) is 30.5 Å². The second-order valence-electron chi connectivity index (χ2n) is 5.54. The summed E-state index contributed by atoms with van der Waals surface area (Å²) in [6.45, 7) is 2.99. The summed E-state index contributed by atoms with van der Waals surface area (Å²) in [5.41, 5.74) is 1.66. The molecule has 120 valence electrons. The monoisotopic (exact) mass is 313 g/mol. The number of para-hydroxylation sites is 2. The van der Waals surface area contributed by atoms with E-state index in [1.54, 1.807) is 11.9 Å². The van der Waals surface area contributed by atoms with Crippen LogP contribution in [0.1, 0.15) is 10.5 Å². The number of hydrogen-bond donors (Lipinski definition) is 1. The number of likely N-dealkylation sites (N-methyl/N-ethyl adjacent to an activating group) is 1. The Labute approximate surface area is 134 Å². The van der Waals surface area contributed by atoms with Crippen molar-refractivity contribution in [2.45, 2.75) is 0 Å². The molecule has 0 radical (unpaired) electrons. The number of hydrogen-bond acceptors (Lipinski definition) is 5. The van der Waals surface area contributed by atoms with Gasteiger partial charge in [0.15, 0.2) is 0 Å². The van der Waals surface area contributed by atoms with Crippen LogP contribution in [-0.2, 0) is 4.79 Å². The predicted octanol–water partition coefficient (Wildman–Crippen LogP) is 0.134. The van der Waals surface area contributed by atoms with E-state index in [1.165, 1.54) is 11.1 Å². The molecule has 1 N–H and O–H groups in total. The fourth-order valence-electron chi connectivity index (χ4n) is 2.54. The number of carbonyl (C=O) groups is 2. The molecule has 2 amide bonds. The lowest BCUT2D eigenvalue weighted by Crippen LogP contribution is -2.49. The molecule has 1 aromatic heterocycles. The van der Waals surface area contributed by atoms with Gasteiger partial charge in [0, 0.05) is 33.2 Å². The quantitative estimate of drug-likeness (QED) is 0.872. The second-order valence-corrected chi connectivity index (χ2v) is 5.54. The molecule has 0 spiro atoms. The van der Waals surface area contributed by atoms with Crippen molar-refractivity contribution in [1.29, 1.82) is 0 Å². The maximum Gasteiger partial charge on any atom is 0.274 e. The Morgan fingerprint density at radius 2 is 1.91 bits per heavy atom. The Hall–Kier alpha value is -2.54. The molecule has 0 atom stereocenters. The molecule has 0 unspecified atom stereocenters. The number of aromatic nitrogens is 2. The Kier molecular flexibility index (Phi) is 4.47. The van der Waals surface area contributed by atoms with Crippen LogP contribution in [-0.4, -0.2) is 71.4 Å². The zero-order valence-corrected chi connectivity index (χ0v) is 13.0. The van der Waals surface area contributed by atoms with Crippen molar-refractivity contribution in [2.24, 2.45) is 0 Å². The minimum atomic E-state index is -0.299. The minimum Gasteiger partial charge on any atom is -0.339 e. The highest BCUT2D eigenvalue weighted by Crippen LogP contribution is 2.10. The first-order valence-electron chi connectivity index (χ1n) is 7.61. The number of rotatable bonds is 3. The Morgan fingerprint density at radius 1 is 1.22 bits per heavy atom. The van der Waals surface area contributed by atoms with E-state index >= 15 is 0 Å². The number of piperazine rings is 1. The average Bonchev–Trinajstić information content (AvgIpc) is 2.61. The largest absolute Gasteiger partial charge is 0.339 e. The van der Waals surface area contributed by atoms with Crippen molar-refractivity contribution < 1.29 is 9.59 Å². The van der Waals surface area contributed by atoms with Gasteiger partial charge >= 0.3 is 0 Å². The molecule has 1 aliphatic heterocycles. The van der Waals surface area contributed by atoms with Crippen LogP contribution in [0.3, 0.4) is 0 Å². The van der Waals surface area contributed by atoms with E-state index in [4.69, 9.17) is 0 Å². The predicted molar refractivity (Wildman–Crippen MR) is 85.9 cm³/mol. The van der Waals surface area contributed by atoms with Crippen molar-refractivity contribution in [1.82, 2.24) is 25.1 Å². The van der Waals surface area contributed by atoms with Crippen LogP contribution < -0.4 is 5.32 Å². The zero-order valence-electron chi connectivity index (χ0n) is 13.0. The van der Waals surface area contributed by atoms with Gasteiger partial charge in [-0.05, 0) is 12.1 Å². The second kappa shape index (κ2) is 6.70. The molecule has 0 aliphatic carbocycles. The highest BCUT2D eigenvalue weighted by molar-refractivity contribution is 5.95. The molecule has 1 fully saturated rings. The third kappa shape index (κ3) is 3.45. The SMILES string of the molecule is CN(CC(=O)N1CCNCC1)C(=O)c1cnc2ccccc2n1. The van der Waals surface area contributed by atoms with Gasteiger partial charge in [-0.25, -0.2) is 4.98 Å². The highest BCUT2D eigenvalue weighted by Gasteiger charge is 2.21. The van der Waals surface area contributed by atoms with Crippen molar-refractivity contribution >= 4 is 22.8 Å². The summed E-state index contributed by atoms with van der Waals surface area (Å²) in [6.07, 6.45) is 1.45. The molecule has 7 heteroatoms. The van der Waals surface area contributed by atoms with Crippen LogP contribution in [0, 0.1) is 0 Å². The molecule has 23 heavy (non-hydrogen) atoms. The molecule has 1 aliphatic rings. The van der Waals surface area contributed by atoms with Gasteiger partial charge in [-0.1, -0.05) is 12.1 Å². The third-order valence-electron chi connectivity index (χ3n) is 3.86. The van der Waals surface area contributed by atoms with Gasteiger partial charge in [0.1, 0.15) is 5.69 Å². The van der Waals surface area contributed by atoms with E-state index in [-0.39, 0.29) is 24.1 Å². The van der Waals surface area contributed by atoms with Gasteiger partial charge in [0.2, 0.25) is 5.91 Å². The summed E-state index contributed by atoms with van der Waals surface area (Å²) in [5.74, 6) is -0.345. The topological polar surface area (TPSA) is 78.4 Å². The first-order valence-corrected chi connectivity index (χ1v) is 7.61. The molecule has 2 heterocycles. The van der Waals surface area contributed by atoms with E-state index in [2.05, 4.69) is 15.3 Å². The van der Waals surface area contributed by atoms with Crippen LogP contribution in [0.25, 0.3) is 11.0 Å². The maximum absolute atomic E-state index is 12.4. The number of benzene rings is 1. The molecule has 3 rings (SSSR count). The van der Waals surface area contributed by atoms with Gasteiger partial charge in [-0.2, -0.15) is 0 Å². The molecular weight excluding hydrogens is 294 g/mol. The van der Waals surface area contributed by atoms with Gasteiger partial charge in [0.05, 0.1) is 23.8 Å². The standard InChI is InChI=1S/C16H19N5O2/c1-20(11-15(22)21-8-6-17-7-9-21)16(23)14-10-18-12-4-2-3-5-13(12)19-14/h2-5,10,17H,6-9,11H2,1H3. The summed E-state index contributed by atoms with van der Waals surface area (Å²) in [5, 5.41) is 3.20. The lowest BCUT2D eigenvalue weighted by atomic mass is 10.3. The minimum absolute atomic E-state index is 0.0453. The number of carbonyl (C=O) groups excluding carboxylic acids is 2. The summed E-state index contributed by atoms with van der Waals surface area (Å²) in [4.78, 5) is 36.4. The fraction of sp³-hybridized carbons (Fsp3) is 0.375. The summed E-state index contributed by atoms with van der Waals surface area (Å²) >= 11 is 0. The molecule has 2 aromatic rings. The lowest BCUT2D eigenvalue weighted by molar-refractivity contribution is -0.132. The molecule has 7 nitrogen and oxygen atoms in total. The Bertz CT molecular complexity index is 727. The smallest absolute Gasteiger partial charge is 0.274 e.